The topological polar surface area (TPSA) is 0 Å². The van der Waals surface area contributed by atoms with Gasteiger partial charge in [0.2, 0.25) is 0 Å². The van der Waals surface area contributed by atoms with E-state index >= 15 is 0 Å². The van der Waals surface area contributed by atoms with Crippen LogP contribution in [0.5, 0.6) is 0 Å². The quantitative estimate of drug-likeness (QED) is 0.532. The van der Waals surface area contributed by atoms with Crippen molar-refractivity contribution in [2.24, 2.45) is 5.92 Å². The van der Waals surface area contributed by atoms with E-state index in [0.29, 0.717) is 5.92 Å². The van der Waals surface area contributed by atoms with Gasteiger partial charge < -0.3 is 0 Å². The zero-order valence-electron chi connectivity index (χ0n) is 11.6. The first-order valence-electron chi connectivity index (χ1n) is 5.99. The van der Waals surface area contributed by atoms with Crippen LogP contribution < -0.4 is 0 Å². The van der Waals surface area contributed by atoms with Crippen molar-refractivity contribution >= 4 is 24.8 Å². The summed E-state index contributed by atoms with van der Waals surface area (Å²) in [5, 5.41) is 0. The third kappa shape index (κ3) is 4.23. The van der Waals surface area contributed by atoms with Crippen molar-refractivity contribution in [1.82, 2.24) is 0 Å². The van der Waals surface area contributed by atoms with Crippen LogP contribution in [0.4, 0.5) is 0 Å². The zero-order chi connectivity index (χ0) is 11.6. The maximum absolute atomic E-state index is 3.48. The molecule has 3 heteroatoms. The van der Waals surface area contributed by atoms with Crippen molar-refractivity contribution in [3.05, 3.63) is 59.7 Å². The van der Waals surface area contributed by atoms with Gasteiger partial charge in [0.05, 0.1) is 0 Å². The molecule has 0 amide bonds. The molecule has 19 heavy (non-hydrogen) atoms. The monoisotopic (exact) mass is 331 g/mol. The molecule has 0 bridgehead atoms. The van der Waals surface area contributed by atoms with Gasteiger partial charge in [-0.1, -0.05) is 51.1 Å². The predicted molar refractivity (Wildman–Crippen MR) is 83.6 cm³/mol. The molecular weight excluding hydrogens is 311 g/mol. The minimum Gasteiger partial charge on any atom is -0.269 e. The molecule has 0 aliphatic heterocycles. The van der Waals surface area contributed by atoms with Gasteiger partial charge in [-0.25, -0.2) is 11.6 Å². The van der Waals surface area contributed by atoms with E-state index < -0.39 is 0 Å². The van der Waals surface area contributed by atoms with Gasteiger partial charge in [-0.05, 0) is 16.9 Å². The van der Waals surface area contributed by atoms with Crippen molar-refractivity contribution < 1.29 is 21.7 Å². The summed E-state index contributed by atoms with van der Waals surface area (Å²) in [7, 11) is 0. The molecule has 2 rings (SSSR count). The van der Waals surface area contributed by atoms with E-state index in [9.17, 15) is 0 Å². The Hall–Kier alpha value is -0.00571. The normalized spacial score (nSPS) is 15.7. The molecule has 0 saturated carbocycles. The second-order valence-electron chi connectivity index (χ2n) is 4.92. The SMILES string of the molecule is CC(C)C(C)(C1=[C-]CC=C1)c1ccccc1.Cl.Cl.[Ti]. The average molecular weight is 332 g/mol. The molecule has 104 valence electrons. The second kappa shape index (κ2) is 9.03. The number of allylic oxidation sites excluding steroid dienone is 4. The molecule has 1 aromatic carbocycles. The summed E-state index contributed by atoms with van der Waals surface area (Å²) in [5.41, 5.74) is 2.82. The van der Waals surface area contributed by atoms with E-state index in [1.165, 1.54) is 11.1 Å². The fraction of sp³-hybridized carbons (Fsp3) is 0.375. The van der Waals surface area contributed by atoms with Gasteiger partial charge in [-0.3, -0.25) is 6.08 Å². The Morgan fingerprint density at radius 3 is 2.11 bits per heavy atom. The first-order chi connectivity index (χ1) is 7.65. The zero-order valence-corrected chi connectivity index (χ0v) is 14.8. The Balaban J connectivity index is 0. The summed E-state index contributed by atoms with van der Waals surface area (Å²) in [5.74, 6) is 0.570. The van der Waals surface area contributed by atoms with E-state index in [1.807, 2.05) is 0 Å². The van der Waals surface area contributed by atoms with Gasteiger partial charge in [-0.15, -0.1) is 31.2 Å². The van der Waals surface area contributed by atoms with Crippen LogP contribution in [0.1, 0.15) is 32.8 Å². The molecule has 1 atom stereocenters. The van der Waals surface area contributed by atoms with Crippen LogP contribution in [-0.2, 0) is 27.1 Å². The minimum absolute atomic E-state index is 0. The van der Waals surface area contributed by atoms with E-state index in [0.717, 1.165) is 6.42 Å². The first-order valence-corrected chi connectivity index (χ1v) is 5.99. The molecule has 0 fully saturated rings. The summed E-state index contributed by atoms with van der Waals surface area (Å²) in [6.07, 6.45) is 8.87. The Labute approximate surface area is 144 Å². The predicted octanol–water partition coefficient (Wildman–Crippen LogP) is 5.13. The maximum Gasteiger partial charge on any atom is 0 e. The van der Waals surface area contributed by atoms with Crippen LogP contribution in [0.15, 0.2) is 48.1 Å². The summed E-state index contributed by atoms with van der Waals surface area (Å²) in [6, 6.07) is 10.8. The van der Waals surface area contributed by atoms with Crippen LogP contribution in [0.25, 0.3) is 0 Å². The number of benzene rings is 1. The molecule has 0 nitrogen and oxygen atoms in total. The van der Waals surface area contributed by atoms with Gasteiger partial charge in [0, 0.05) is 21.7 Å². The van der Waals surface area contributed by atoms with Gasteiger partial charge in [0.1, 0.15) is 0 Å². The molecule has 0 heterocycles. The summed E-state index contributed by atoms with van der Waals surface area (Å²) >= 11 is 0. The van der Waals surface area contributed by atoms with Gasteiger partial charge in [0.25, 0.3) is 0 Å². The average Bonchev–Trinajstić information content (AvgIpc) is 2.82. The molecule has 1 aromatic rings. The summed E-state index contributed by atoms with van der Waals surface area (Å²) in [6.45, 7) is 6.90. The Morgan fingerprint density at radius 1 is 1.11 bits per heavy atom. The standard InChI is InChI=1S/C16H19.2ClH.Ti/c1-13(2)16(3,15-11-7-8-12-15)14-9-5-4-6-10-14;;;/h4-7,9-11,13H,8H2,1-3H3;2*1H;/q-1;;;. The van der Waals surface area contributed by atoms with Gasteiger partial charge in [-0.2, -0.15) is 6.08 Å². The molecule has 0 radical (unpaired) electrons. The number of halogens is 2. The van der Waals surface area contributed by atoms with Crippen molar-refractivity contribution in [2.45, 2.75) is 32.6 Å². The van der Waals surface area contributed by atoms with Crippen molar-refractivity contribution in [3.63, 3.8) is 0 Å². The van der Waals surface area contributed by atoms with Crippen LogP contribution in [0, 0.1) is 12.0 Å². The smallest absolute Gasteiger partial charge is 0 e. The fourth-order valence-corrected chi connectivity index (χ4v) is 2.35. The van der Waals surface area contributed by atoms with Crippen LogP contribution in [0.2, 0.25) is 0 Å². The Morgan fingerprint density at radius 2 is 1.68 bits per heavy atom. The fourth-order valence-electron chi connectivity index (χ4n) is 2.35. The molecule has 0 saturated heterocycles. The third-order valence-corrected chi connectivity index (χ3v) is 3.78. The van der Waals surface area contributed by atoms with Gasteiger partial charge in [0.15, 0.2) is 0 Å². The van der Waals surface area contributed by atoms with Crippen LogP contribution in [0.3, 0.4) is 0 Å². The van der Waals surface area contributed by atoms with E-state index in [4.69, 9.17) is 0 Å². The molecule has 1 aliphatic rings. The number of hydrogen-bond donors (Lipinski definition) is 0. The van der Waals surface area contributed by atoms with E-state index in [2.05, 4.69) is 69.3 Å². The third-order valence-electron chi connectivity index (χ3n) is 3.78. The molecule has 0 spiro atoms. The van der Waals surface area contributed by atoms with Gasteiger partial charge >= 0.3 is 0 Å². The number of hydrogen-bond acceptors (Lipinski definition) is 0. The first kappa shape index (κ1) is 21.3. The summed E-state index contributed by atoms with van der Waals surface area (Å²) in [4.78, 5) is 0. The molecule has 1 aliphatic carbocycles. The Kier molecular flexibility index (Phi) is 10.1. The van der Waals surface area contributed by atoms with Crippen molar-refractivity contribution in [3.8, 4) is 0 Å². The molecule has 0 N–H and O–H groups in total. The number of rotatable bonds is 3. The van der Waals surface area contributed by atoms with E-state index in [-0.39, 0.29) is 51.9 Å². The van der Waals surface area contributed by atoms with Crippen molar-refractivity contribution in [1.29, 1.82) is 0 Å². The van der Waals surface area contributed by atoms with Crippen LogP contribution in [-0.4, -0.2) is 0 Å². The second-order valence-corrected chi connectivity index (χ2v) is 4.92. The largest absolute Gasteiger partial charge is 0.269 e. The molecular formula is C16H21Cl2Ti-. The molecule has 0 aromatic heterocycles. The van der Waals surface area contributed by atoms with Crippen LogP contribution >= 0.6 is 24.8 Å². The van der Waals surface area contributed by atoms with Crippen molar-refractivity contribution in [2.75, 3.05) is 0 Å². The minimum atomic E-state index is 0. The Bertz CT molecular complexity index is 424. The molecule has 1 unspecified atom stereocenters. The maximum atomic E-state index is 3.48. The van der Waals surface area contributed by atoms with E-state index in [1.54, 1.807) is 0 Å². The summed E-state index contributed by atoms with van der Waals surface area (Å²) < 4.78 is 0.